The molecular formula is C9H8Cl2F2O. The van der Waals surface area contributed by atoms with Gasteiger partial charge in [-0.05, 0) is 12.1 Å². The minimum absolute atomic E-state index is 0.0850. The Morgan fingerprint density at radius 3 is 2.36 bits per heavy atom. The Morgan fingerprint density at radius 2 is 1.86 bits per heavy atom. The second-order valence-electron chi connectivity index (χ2n) is 2.81. The zero-order chi connectivity index (χ0) is 10.8. The fourth-order valence-electron chi connectivity index (χ4n) is 1.01. The third-order valence-electron chi connectivity index (χ3n) is 1.77. The summed E-state index contributed by atoms with van der Waals surface area (Å²) in [6, 6.07) is 3.62. The van der Waals surface area contributed by atoms with Gasteiger partial charge in [0, 0.05) is 18.6 Å². The lowest BCUT2D eigenvalue weighted by atomic mass is 10.1. The topological polar surface area (TPSA) is 20.2 Å². The smallest absolute Gasteiger partial charge is 0.275 e. The van der Waals surface area contributed by atoms with E-state index in [1.54, 1.807) is 0 Å². The Labute approximate surface area is 90.3 Å². The van der Waals surface area contributed by atoms with E-state index in [0.29, 0.717) is 0 Å². The van der Waals surface area contributed by atoms with Gasteiger partial charge >= 0.3 is 0 Å². The van der Waals surface area contributed by atoms with E-state index >= 15 is 0 Å². The molecule has 0 radical (unpaired) electrons. The molecule has 1 N–H and O–H groups in total. The summed E-state index contributed by atoms with van der Waals surface area (Å²) >= 11 is 11.2. The molecule has 0 saturated carbocycles. The number of aliphatic hydroxyl groups is 1. The molecule has 0 bridgehead atoms. The number of alkyl halides is 2. The molecule has 0 aliphatic rings. The maximum absolute atomic E-state index is 13.2. The van der Waals surface area contributed by atoms with Crippen LogP contribution in [0.5, 0.6) is 0 Å². The van der Waals surface area contributed by atoms with E-state index in [2.05, 4.69) is 0 Å². The zero-order valence-corrected chi connectivity index (χ0v) is 8.62. The van der Waals surface area contributed by atoms with Crippen molar-refractivity contribution in [1.82, 2.24) is 0 Å². The number of hydrogen-bond acceptors (Lipinski definition) is 1. The second kappa shape index (κ2) is 4.43. The van der Waals surface area contributed by atoms with E-state index in [1.165, 1.54) is 12.1 Å². The van der Waals surface area contributed by atoms with E-state index < -0.39 is 19.0 Å². The molecule has 0 heterocycles. The molecule has 1 aromatic carbocycles. The average Bonchev–Trinajstić information content (AvgIpc) is 2.09. The summed E-state index contributed by atoms with van der Waals surface area (Å²) in [5.41, 5.74) is -0.235. The van der Waals surface area contributed by atoms with E-state index in [0.717, 1.165) is 6.07 Å². The van der Waals surface area contributed by atoms with E-state index in [4.69, 9.17) is 28.3 Å². The van der Waals surface area contributed by atoms with Gasteiger partial charge in [0.2, 0.25) is 0 Å². The van der Waals surface area contributed by atoms with Gasteiger partial charge in [0.05, 0.1) is 10.0 Å². The fraction of sp³-hybridized carbons (Fsp3) is 0.333. The van der Waals surface area contributed by atoms with Crippen molar-refractivity contribution >= 4 is 23.2 Å². The quantitative estimate of drug-likeness (QED) is 0.858. The first-order chi connectivity index (χ1) is 6.47. The highest BCUT2D eigenvalue weighted by atomic mass is 35.5. The van der Waals surface area contributed by atoms with Gasteiger partial charge < -0.3 is 5.11 Å². The van der Waals surface area contributed by atoms with Gasteiger partial charge in [0.15, 0.2) is 0 Å². The Morgan fingerprint density at radius 1 is 1.21 bits per heavy atom. The molecule has 0 saturated heterocycles. The highest BCUT2D eigenvalue weighted by Gasteiger charge is 2.30. The predicted octanol–water partition coefficient (Wildman–Crippen LogP) is 3.47. The van der Waals surface area contributed by atoms with Crippen LogP contribution in [0.3, 0.4) is 0 Å². The van der Waals surface area contributed by atoms with Crippen LogP contribution in [-0.4, -0.2) is 11.7 Å². The molecule has 0 aromatic heterocycles. The number of hydrogen-bond donors (Lipinski definition) is 1. The SMILES string of the molecule is OCCC(F)(F)c1ccc(Cl)c(Cl)c1. The maximum atomic E-state index is 13.2. The van der Waals surface area contributed by atoms with Crippen LogP contribution < -0.4 is 0 Å². The van der Waals surface area contributed by atoms with Crippen LogP contribution in [0.2, 0.25) is 10.0 Å². The molecule has 5 heteroatoms. The van der Waals surface area contributed by atoms with Gasteiger partial charge in [-0.25, -0.2) is 8.78 Å². The summed E-state index contributed by atoms with van der Waals surface area (Å²) in [6.45, 7) is -0.576. The van der Waals surface area contributed by atoms with Gasteiger partial charge in [-0.15, -0.1) is 0 Å². The van der Waals surface area contributed by atoms with Crippen LogP contribution in [0.4, 0.5) is 8.78 Å². The van der Waals surface area contributed by atoms with Gasteiger partial charge in [0.25, 0.3) is 5.92 Å². The third-order valence-corrected chi connectivity index (χ3v) is 2.51. The summed E-state index contributed by atoms with van der Waals surface area (Å²) in [4.78, 5) is 0. The van der Waals surface area contributed by atoms with Crippen molar-refractivity contribution in [3.05, 3.63) is 33.8 Å². The molecular weight excluding hydrogens is 233 g/mol. The van der Waals surface area contributed by atoms with Crippen molar-refractivity contribution in [2.75, 3.05) is 6.61 Å². The average molecular weight is 241 g/mol. The minimum Gasteiger partial charge on any atom is -0.396 e. The number of benzene rings is 1. The highest BCUT2D eigenvalue weighted by molar-refractivity contribution is 6.42. The predicted molar refractivity (Wildman–Crippen MR) is 52.1 cm³/mol. The fourth-order valence-corrected chi connectivity index (χ4v) is 1.31. The van der Waals surface area contributed by atoms with Crippen molar-refractivity contribution in [1.29, 1.82) is 0 Å². The molecule has 1 nitrogen and oxygen atoms in total. The Balaban J connectivity index is 3.01. The van der Waals surface area contributed by atoms with Crippen molar-refractivity contribution < 1.29 is 13.9 Å². The first kappa shape index (κ1) is 11.7. The molecule has 0 spiro atoms. The first-order valence-electron chi connectivity index (χ1n) is 3.91. The largest absolute Gasteiger partial charge is 0.396 e. The number of aliphatic hydroxyl groups excluding tert-OH is 1. The first-order valence-corrected chi connectivity index (χ1v) is 4.67. The Hall–Kier alpha value is -0.380. The maximum Gasteiger partial charge on any atom is 0.275 e. The standard InChI is InChI=1S/C9H8Cl2F2O/c10-7-2-1-6(5-8(7)11)9(12,13)3-4-14/h1-2,5,14H,3-4H2. The lowest BCUT2D eigenvalue weighted by Gasteiger charge is -2.15. The molecule has 0 unspecified atom stereocenters. The normalized spacial score (nSPS) is 11.8. The lowest BCUT2D eigenvalue weighted by Crippen LogP contribution is -2.15. The lowest BCUT2D eigenvalue weighted by molar-refractivity contribution is -0.0269. The van der Waals surface area contributed by atoms with E-state index in [9.17, 15) is 8.78 Å². The Kier molecular flexibility index (Phi) is 3.70. The highest BCUT2D eigenvalue weighted by Crippen LogP contribution is 2.34. The molecule has 0 fully saturated rings. The summed E-state index contributed by atoms with van der Waals surface area (Å²) in [5.74, 6) is -3.07. The zero-order valence-electron chi connectivity index (χ0n) is 7.11. The Bertz CT molecular complexity index is 329. The van der Waals surface area contributed by atoms with Gasteiger partial charge in [-0.1, -0.05) is 29.3 Å². The van der Waals surface area contributed by atoms with Crippen LogP contribution in [0.15, 0.2) is 18.2 Å². The van der Waals surface area contributed by atoms with Gasteiger partial charge in [-0.2, -0.15) is 0 Å². The van der Waals surface area contributed by atoms with Crippen molar-refractivity contribution in [2.24, 2.45) is 0 Å². The second-order valence-corrected chi connectivity index (χ2v) is 3.62. The van der Waals surface area contributed by atoms with Crippen LogP contribution in [0, 0.1) is 0 Å². The van der Waals surface area contributed by atoms with Crippen molar-refractivity contribution in [3.8, 4) is 0 Å². The van der Waals surface area contributed by atoms with E-state index in [-0.39, 0.29) is 15.6 Å². The molecule has 0 amide bonds. The molecule has 0 atom stereocenters. The summed E-state index contributed by atoms with van der Waals surface area (Å²) < 4.78 is 26.4. The minimum atomic E-state index is -3.07. The van der Waals surface area contributed by atoms with Crippen molar-refractivity contribution in [2.45, 2.75) is 12.3 Å². The summed E-state index contributed by atoms with van der Waals surface area (Å²) in [6.07, 6.45) is -0.620. The van der Waals surface area contributed by atoms with Crippen LogP contribution in [-0.2, 0) is 5.92 Å². The molecule has 14 heavy (non-hydrogen) atoms. The van der Waals surface area contributed by atoms with Crippen molar-refractivity contribution in [3.63, 3.8) is 0 Å². The van der Waals surface area contributed by atoms with Gasteiger partial charge in [-0.3, -0.25) is 0 Å². The van der Waals surface area contributed by atoms with Crippen LogP contribution >= 0.6 is 23.2 Å². The third kappa shape index (κ3) is 2.56. The summed E-state index contributed by atoms with van der Waals surface area (Å²) in [7, 11) is 0. The van der Waals surface area contributed by atoms with Crippen LogP contribution in [0.25, 0.3) is 0 Å². The molecule has 78 valence electrons. The number of halogens is 4. The molecule has 0 aliphatic carbocycles. The number of rotatable bonds is 3. The molecule has 1 rings (SSSR count). The van der Waals surface area contributed by atoms with Gasteiger partial charge in [0.1, 0.15) is 0 Å². The molecule has 0 aliphatic heterocycles. The summed E-state index contributed by atoms with van der Waals surface area (Å²) in [5, 5.41) is 8.76. The van der Waals surface area contributed by atoms with E-state index in [1.807, 2.05) is 0 Å². The molecule has 1 aromatic rings. The monoisotopic (exact) mass is 240 g/mol. The van der Waals surface area contributed by atoms with Crippen LogP contribution in [0.1, 0.15) is 12.0 Å².